The van der Waals surface area contributed by atoms with Crippen molar-refractivity contribution in [2.45, 2.75) is 13.5 Å². The fraction of sp³-hybridized carbons (Fsp3) is 0.231. The SMILES string of the molecule is Cc1ccc(Cl)cc1NCc1cccn1C. The lowest BCUT2D eigenvalue weighted by Gasteiger charge is -2.10. The maximum atomic E-state index is 5.96. The van der Waals surface area contributed by atoms with Gasteiger partial charge in [-0.25, -0.2) is 0 Å². The fourth-order valence-corrected chi connectivity index (χ4v) is 1.82. The number of aryl methyl sites for hydroxylation is 2. The summed E-state index contributed by atoms with van der Waals surface area (Å²) in [4.78, 5) is 0. The van der Waals surface area contributed by atoms with Crippen LogP contribution in [0.5, 0.6) is 0 Å². The minimum absolute atomic E-state index is 0.764. The molecule has 2 nitrogen and oxygen atoms in total. The standard InChI is InChI=1S/C13H15ClN2/c1-10-5-6-11(14)8-13(10)15-9-12-4-3-7-16(12)2/h3-8,15H,9H2,1-2H3. The lowest BCUT2D eigenvalue weighted by molar-refractivity contribution is 0.842. The van der Waals surface area contributed by atoms with E-state index in [2.05, 4.69) is 22.9 Å². The molecule has 0 aliphatic rings. The summed E-state index contributed by atoms with van der Waals surface area (Å²) in [7, 11) is 2.04. The van der Waals surface area contributed by atoms with Crippen molar-refractivity contribution in [1.82, 2.24) is 4.57 Å². The molecule has 2 rings (SSSR count). The molecule has 0 radical (unpaired) electrons. The zero-order chi connectivity index (χ0) is 11.5. The van der Waals surface area contributed by atoms with E-state index in [1.807, 2.05) is 37.5 Å². The first-order valence-electron chi connectivity index (χ1n) is 5.27. The molecule has 0 spiro atoms. The molecular weight excluding hydrogens is 220 g/mol. The first-order valence-corrected chi connectivity index (χ1v) is 5.65. The van der Waals surface area contributed by atoms with Gasteiger partial charge in [-0.2, -0.15) is 0 Å². The topological polar surface area (TPSA) is 17.0 Å². The molecule has 0 amide bonds. The second-order valence-corrected chi connectivity index (χ2v) is 4.36. The smallest absolute Gasteiger partial charge is 0.0553 e. The van der Waals surface area contributed by atoms with Crippen LogP contribution in [0.4, 0.5) is 5.69 Å². The number of hydrogen-bond acceptors (Lipinski definition) is 1. The Kier molecular flexibility index (Phi) is 3.20. The lowest BCUT2D eigenvalue weighted by atomic mass is 10.2. The number of nitrogens with one attached hydrogen (secondary N) is 1. The summed E-state index contributed by atoms with van der Waals surface area (Å²) in [5.74, 6) is 0. The third-order valence-electron chi connectivity index (χ3n) is 2.71. The summed E-state index contributed by atoms with van der Waals surface area (Å²) in [6.45, 7) is 2.88. The zero-order valence-electron chi connectivity index (χ0n) is 9.50. The summed E-state index contributed by atoms with van der Waals surface area (Å²) < 4.78 is 2.10. The van der Waals surface area contributed by atoms with Crippen LogP contribution in [-0.2, 0) is 13.6 Å². The minimum atomic E-state index is 0.764. The minimum Gasteiger partial charge on any atom is -0.379 e. The molecule has 0 fully saturated rings. The molecule has 1 aromatic heterocycles. The molecular formula is C13H15ClN2. The van der Waals surface area contributed by atoms with Gasteiger partial charge in [-0.1, -0.05) is 17.7 Å². The molecule has 0 bridgehead atoms. The zero-order valence-corrected chi connectivity index (χ0v) is 10.3. The van der Waals surface area contributed by atoms with E-state index in [0.717, 1.165) is 17.3 Å². The van der Waals surface area contributed by atoms with Crippen LogP contribution in [0, 0.1) is 6.92 Å². The monoisotopic (exact) mass is 234 g/mol. The van der Waals surface area contributed by atoms with Gasteiger partial charge in [0, 0.05) is 29.6 Å². The molecule has 0 aliphatic heterocycles. The number of anilines is 1. The average Bonchev–Trinajstić information content (AvgIpc) is 2.66. The maximum Gasteiger partial charge on any atom is 0.0553 e. The molecule has 1 N–H and O–H groups in total. The molecule has 1 heterocycles. The van der Waals surface area contributed by atoms with Crippen LogP contribution in [0.3, 0.4) is 0 Å². The Balaban J connectivity index is 2.10. The predicted octanol–water partition coefficient (Wildman–Crippen LogP) is 3.60. The Morgan fingerprint density at radius 2 is 2.12 bits per heavy atom. The van der Waals surface area contributed by atoms with Gasteiger partial charge in [0.25, 0.3) is 0 Å². The molecule has 84 valence electrons. The highest BCUT2D eigenvalue weighted by Crippen LogP contribution is 2.20. The molecule has 0 atom stereocenters. The van der Waals surface area contributed by atoms with E-state index < -0.39 is 0 Å². The second-order valence-electron chi connectivity index (χ2n) is 3.92. The molecule has 0 saturated heterocycles. The van der Waals surface area contributed by atoms with Crippen LogP contribution in [0.25, 0.3) is 0 Å². The third kappa shape index (κ3) is 2.39. The van der Waals surface area contributed by atoms with E-state index in [9.17, 15) is 0 Å². The Morgan fingerprint density at radius 3 is 2.81 bits per heavy atom. The number of benzene rings is 1. The van der Waals surface area contributed by atoms with Gasteiger partial charge in [-0.05, 0) is 36.8 Å². The Morgan fingerprint density at radius 1 is 1.31 bits per heavy atom. The van der Waals surface area contributed by atoms with E-state index in [4.69, 9.17) is 11.6 Å². The van der Waals surface area contributed by atoms with Gasteiger partial charge in [0.05, 0.1) is 6.54 Å². The highest BCUT2D eigenvalue weighted by atomic mass is 35.5. The van der Waals surface area contributed by atoms with Crippen LogP contribution >= 0.6 is 11.6 Å². The molecule has 0 unspecified atom stereocenters. The molecule has 3 heteroatoms. The normalized spacial score (nSPS) is 10.4. The molecule has 0 aliphatic carbocycles. The van der Waals surface area contributed by atoms with E-state index in [0.29, 0.717) is 0 Å². The van der Waals surface area contributed by atoms with E-state index in [-0.39, 0.29) is 0 Å². The van der Waals surface area contributed by atoms with Crippen molar-refractivity contribution in [2.24, 2.45) is 7.05 Å². The average molecular weight is 235 g/mol. The summed E-state index contributed by atoms with van der Waals surface area (Å²) in [5, 5.41) is 4.16. The van der Waals surface area contributed by atoms with Gasteiger partial charge in [0.1, 0.15) is 0 Å². The first-order chi connectivity index (χ1) is 7.66. The number of halogens is 1. The Hall–Kier alpha value is -1.41. The van der Waals surface area contributed by atoms with Gasteiger partial charge < -0.3 is 9.88 Å². The number of rotatable bonds is 3. The van der Waals surface area contributed by atoms with Crippen molar-refractivity contribution >= 4 is 17.3 Å². The summed E-state index contributed by atoms with van der Waals surface area (Å²) in [6, 6.07) is 10.0. The van der Waals surface area contributed by atoms with Crippen molar-refractivity contribution in [3.05, 3.63) is 52.8 Å². The van der Waals surface area contributed by atoms with Gasteiger partial charge >= 0.3 is 0 Å². The number of hydrogen-bond donors (Lipinski definition) is 1. The Bertz CT molecular complexity index is 488. The van der Waals surface area contributed by atoms with Gasteiger partial charge in [-0.15, -0.1) is 0 Å². The van der Waals surface area contributed by atoms with Crippen molar-refractivity contribution in [1.29, 1.82) is 0 Å². The highest BCUT2D eigenvalue weighted by Gasteiger charge is 2.00. The van der Waals surface area contributed by atoms with Crippen molar-refractivity contribution in [2.75, 3.05) is 5.32 Å². The molecule has 0 saturated carbocycles. The summed E-state index contributed by atoms with van der Waals surface area (Å²) in [6.07, 6.45) is 2.04. The molecule has 2 aromatic rings. The third-order valence-corrected chi connectivity index (χ3v) is 2.95. The van der Waals surface area contributed by atoms with Crippen molar-refractivity contribution in [3.8, 4) is 0 Å². The summed E-state index contributed by atoms with van der Waals surface area (Å²) >= 11 is 5.96. The van der Waals surface area contributed by atoms with Crippen LogP contribution in [-0.4, -0.2) is 4.57 Å². The second kappa shape index (κ2) is 4.62. The molecule has 1 aromatic carbocycles. The van der Waals surface area contributed by atoms with Crippen LogP contribution in [0.2, 0.25) is 5.02 Å². The number of aromatic nitrogens is 1. The van der Waals surface area contributed by atoms with Crippen molar-refractivity contribution < 1.29 is 0 Å². The maximum absolute atomic E-state index is 5.96. The highest BCUT2D eigenvalue weighted by molar-refractivity contribution is 6.30. The quantitative estimate of drug-likeness (QED) is 0.859. The van der Waals surface area contributed by atoms with E-state index in [1.54, 1.807) is 0 Å². The van der Waals surface area contributed by atoms with E-state index >= 15 is 0 Å². The summed E-state index contributed by atoms with van der Waals surface area (Å²) in [5.41, 5.74) is 3.55. The number of nitrogens with zero attached hydrogens (tertiary/aromatic N) is 1. The van der Waals surface area contributed by atoms with E-state index in [1.165, 1.54) is 11.3 Å². The van der Waals surface area contributed by atoms with Crippen LogP contribution in [0.1, 0.15) is 11.3 Å². The van der Waals surface area contributed by atoms with Gasteiger partial charge in [-0.3, -0.25) is 0 Å². The molecule has 16 heavy (non-hydrogen) atoms. The first kappa shape index (κ1) is 11.1. The predicted molar refractivity (Wildman–Crippen MR) is 68.9 cm³/mol. The van der Waals surface area contributed by atoms with Gasteiger partial charge in [0.15, 0.2) is 0 Å². The fourth-order valence-electron chi connectivity index (χ4n) is 1.65. The van der Waals surface area contributed by atoms with Crippen molar-refractivity contribution in [3.63, 3.8) is 0 Å². The Labute approximate surface area is 101 Å². The van der Waals surface area contributed by atoms with Gasteiger partial charge in [0.2, 0.25) is 0 Å². The largest absolute Gasteiger partial charge is 0.379 e. The lowest BCUT2D eigenvalue weighted by Crippen LogP contribution is -2.04. The van der Waals surface area contributed by atoms with Crippen LogP contribution < -0.4 is 5.32 Å². The van der Waals surface area contributed by atoms with Crippen LogP contribution in [0.15, 0.2) is 36.5 Å².